The number of amides is 1. The summed E-state index contributed by atoms with van der Waals surface area (Å²) in [5, 5.41) is 12.8. The molecule has 4 heteroatoms. The van der Waals surface area contributed by atoms with Gasteiger partial charge < -0.3 is 15.3 Å². The number of benzene rings is 1. The fraction of sp³-hybridized carbons (Fsp3) is 0.562. The number of aliphatic hydroxyl groups excluding tert-OH is 1. The van der Waals surface area contributed by atoms with Crippen molar-refractivity contribution in [2.24, 2.45) is 0 Å². The van der Waals surface area contributed by atoms with Crippen LogP contribution >= 0.6 is 0 Å². The maximum Gasteiger partial charge on any atom is 0.254 e. The van der Waals surface area contributed by atoms with Crippen LogP contribution < -0.4 is 5.32 Å². The predicted octanol–water partition coefficient (Wildman–Crippen LogP) is 1.32. The van der Waals surface area contributed by atoms with Crippen molar-refractivity contribution in [3.05, 3.63) is 34.9 Å². The molecule has 0 aromatic heterocycles. The van der Waals surface area contributed by atoms with Gasteiger partial charge in [0.2, 0.25) is 0 Å². The lowest BCUT2D eigenvalue weighted by Crippen LogP contribution is -2.45. The zero-order valence-electron chi connectivity index (χ0n) is 11.8. The lowest BCUT2D eigenvalue weighted by molar-refractivity contribution is 0.0503. The van der Waals surface area contributed by atoms with Gasteiger partial charge in [0, 0.05) is 18.7 Å². The second kappa shape index (κ2) is 5.94. The van der Waals surface area contributed by atoms with Crippen LogP contribution in [0.25, 0.3) is 0 Å². The predicted molar refractivity (Wildman–Crippen MR) is 77.6 cm³/mol. The molecule has 1 unspecified atom stereocenters. The Balaban J connectivity index is 1.82. The Hall–Kier alpha value is -1.39. The molecule has 108 valence electrons. The van der Waals surface area contributed by atoms with Gasteiger partial charge in [-0.15, -0.1) is 0 Å². The van der Waals surface area contributed by atoms with Crippen LogP contribution in [0.15, 0.2) is 18.2 Å². The molecule has 2 aliphatic heterocycles. The van der Waals surface area contributed by atoms with Crippen LogP contribution in [0.2, 0.25) is 0 Å². The van der Waals surface area contributed by atoms with Crippen LogP contribution in [0.4, 0.5) is 0 Å². The molecule has 0 aliphatic carbocycles. The Morgan fingerprint density at radius 2 is 2.25 bits per heavy atom. The average Bonchev–Trinajstić information content (AvgIpc) is 2.53. The number of hydrogen-bond donors (Lipinski definition) is 2. The number of hydrogen-bond acceptors (Lipinski definition) is 3. The molecule has 1 amide bonds. The molecule has 1 atom stereocenters. The van der Waals surface area contributed by atoms with Gasteiger partial charge in [-0.2, -0.15) is 0 Å². The molecule has 3 rings (SSSR count). The van der Waals surface area contributed by atoms with Gasteiger partial charge >= 0.3 is 0 Å². The zero-order chi connectivity index (χ0) is 13.9. The summed E-state index contributed by atoms with van der Waals surface area (Å²) in [5.41, 5.74) is 3.34. The second-order valence-corrected chi connectivity index (χ2v) is 5.74. The van der Waals surface area contributed by atoms with E-state index >= 15 is 0 Å². The smallest absolute Gasteiger partial charge is 0.254 e. The van der Waals surface area contributed by atoms with Crippen molar-refractivity contribution in [3.63, 3.8) is 0 Å². The molecule has 4 nitrogen and oxygen atoms in total. The third-order valence-corrected chi connectivity index (χ3v) is 4.44. The number of rotatable bonds is 2. The number of likely N-dealkylation sites (tertiary alicyclic amines) is 1. The summed E-state index contributed by atoms with van der Waals surface area (Å²) in [4.78, 5) is 14.5. The third kappa shape index (κ3) is 2.58. The van der Waals surface area contributed by atoms with Crippen molar-refractivity contribution in [3.8, 4) is 0 Å². The monoisotopic (exact) mass is 274 g/mol. The first kappa shape index (κ1) is 13.6. The van der Waals surface area contributed by atoms with Crippen LogP contribution in [-0.4, -0.2) is 41.7 Å². The summed E-state index contributed by atoms with van der Waals surface area (Å²) < 4.78 is 0. The molecule has 2 aliphatic rings. The van der Waals surface area contributed by atoms with Gasteiger partial charge in [-0.1, -0.05) is 6.07 Å². The van der Waals surface area contributed by atoms with Gasteiger partial charge in [-0.25, -0.2) is 0 Å². The van der Waals surface area contributed by atoms with E-state index in [0.29, 0.717) is 0 Å². The lowest BCUT2D eigenvalue weighted by Gasteiger charge is -2.35. The van der Waals surface area contributed by atoms with Crippen molar-refractivity contribution in [2.75, 3.05) is 19.7 Å². The third-order valence-electron chi connectivity index (χ3n) is 4.44. The topological polar surface area (TPSA) is 52.6 Å². The summed E-state index contributed by atoms with van der Waals surface area (Å²) in [6.07, 6.45) is 4.08. The van der Waals surface area contributed by atoms with E-state index in [4.69, 9.17) is 0 Å². The minimum absolute atomic E-state index is 0.00888. The van der Waals surface area contributed by atoms with Crippen molar-refractivity contribution in [2.45, 2.75) is 38.3 Å². The van der Waals surface area contributed by atoms with Crippen LogP contribution in [0, 0.1) is 0 Å². The molecule has 0 saturated carbocycles. The van der Waals surface area contributed by atoms with Crippen molar-refractivity contribution >= 4 is 5.91 Å². The van der Waals surface area contributed by atoms with Gasteiger partial charge in [0.05, 0.1) is 12.6 Å². The Morgan fingerprint density at radius 1 is 1.35 bits per heavy atom. The van der Waals surface area contributed by atoms with E-state index in [1.54, 1.807) is 0 Å². The average molecular weight is 274 g/mol. The highest BCUT2D eigenvalue weighted by Crippen LogP contribution is 2.22. The number of fused-ring (bicyclic) bond motifs is 1. The molecule has 20 heavy (non-hydrogen) atoms. The van der Waals surface area contributed by atoms with Crippen LogP contribution in [0.3, 0.4) is 0 Å². The van der Waals surface area contributed by atoms with Gasteiger partial charge in [-0.05, 0) is 55.5 Å². The molecule has 1 saturated heterocycles. The highest BCUT2D eigenvalue weighted by Gasteiger charge is 2.27. The molecule has 2 heterocycles. The van der Waals surface area contributed by atoms with E-state index in [-0.39, 0.29) is 18.6 Å². The molecule has 0 spiro atoms. The number of piperidine rings is 1. The number of nitrogens with zero attached hydrogens (tertiary/aromatic N) is 1. The molecule has 2 N–H and O–H groups in total. The first-order chi connectivity index (χ1) is 9.79. The molecular weight excluding hydrogens is 252 g/mol. The minimum atomic E-state index is -0.00888. The first-order valence-corrected chi connectivity index (χ1v) is 7.54. The quantitative estimate of drug-likeness (QED) is 0.855. The van der Waals surface area contributed by atoms with Crippen molar-refractivity contribution in [1.29, 1.82) is 0 Å². The normalized spacial score (nSPS) is 22.4. The van der Waals surface area contributed by atoms with Gasteiger partial charge in [0.1, 0.15) is 0 Å². The van der Waals surface area contributed by atoms with Gasteiger partial charge in [0.25, 0.3) is 5.91 Å². The van der Waals surface area contributed by atoms with E-state index < -0.39 is 0 Å². The van der Waals surface area contributed by atoms with Gasteiger partial charge in [-0.3, -0.25) is 4.79 Å². The highest BCUT2D eigenvalue weighted by atomic mass is 16.3. The van der Waals surface area contributed by atoms with E-state index in [9.17, 15) is 9.90 Å². The van der Waals surface area contributed by atoms with E-state index in [2.05, 4.69) is 11.4 Å². The zero-order valence-corrected chi connectivity index (χ0v) is 11.8. The molecule has 1 fully saturated rings. The minimum Gasteiger partial charge on any atom is -0.394 e. The summed E-state index contributed by atoms with van der Waals surface area (Å²) in [6, 6.07) is 6.04. The maximum absolute atomic E-state index is 12.6. The van der Waals surface area contributed by atoms with Crippen molar-refractivity contribution in [1.82, 2.24) is 10.2 Å². The molecule has 1 aromatic carbocycles. The standard InChI is InChI=1S/C16H22N2O2/c19-11-15-3-1-2-8-18(15)16(20)13-5-4-12-6-7-17-10-14(12)9-13/h4-5,9,15,17,19H,1-3,6-8,10-11H2. The molecule has 0 radical (unpaired) electrons. The van der Waals surface area contributed by atoms with Gasteiger partial charge in [0.15, 0.2) is 0 Å². The number of nitrogens with one attached hydrogen (secondary N) is 1. The van der Waals surface area contributed by atoms with E-state index in [1.807, 2.05) is 17.0 Å². The largest absolute Gasteiger partial charge is 0.394 e. The maximum atomic E-state index is 12.6. The summed E-state index contributed by atoms with van der Waals surface area (Å²) in [7, 11) is 0. The second-order valence-electron chi connectivity index (χ2n) is 5.74. The fourth-order valence-electron chi connectivity index (χ4n) is 3.24. The number of carbonyl (C=O) groups excluding carboxylic acids is 1. The summed E-state index contributed by atoms with van der Waals surface area (Å²) >= 11 is 0. The number of aliphatic hydroxyl groups is 1. The van der Waals surface area contributed by atoms with Crippen molar-refractivity contribution < 1.29 is 9.90 Å². The summed E-state index contributed by atoms with van der Waals surface area (Å²) in [6.45, 7) is 2.69. The molecule has 0 bridgehead atoms. The van der Waals surface area contributed by atoms with Crippen LogP contribution in [-0.2, 0) is 13.0 Å². The SMILES string of the molecule is O=C(c1ccc2c(c1)CNCC2)N1CCCCC1CO. The highest BCUT2D eigenvalue weighted by molar-refractivity contribution is 5.94. The lowest BCUT2D eigenvalue weighted by atomic mass is 9.96. The Kier molecular flexibility index (Phi) is 4.03. The Bertz CT molecular complexity index is 501. The Morgan fingerprint density at radius 3 is 3.10 bits per heavy atom. The fourth-order valence-corrected chi connectivity index (χ4v) is 3.24. The van der Waals surface area contributed by atoms with Crippen LogP contribution in [0.5, 0.6) is 0 Å². The Labute approximate surface area is 119 Å². The van der Waals surface area contributed by atoms with E-state index in [1.165, 1.54) is 11.1 Å². The summed E-state index contributed by atoms with van der Waals surface area (Å²) in [5.74, 6) is 0.0668. The molecular formula is C16H22N2O2. The molecule has 1 aromatic rings. The number of carbonyl (C=O) groups is 1. The van der Waals surface area contributed by atoms with E-state index in [0.717, 1.165) is 50.9 Å². The first-order valence-electron chi connectivity index (χ1n) is 7.54. The van der Waals surface area contributed by atoms with Crippen LogP contribution in [0.1, 0.15) is 40.7 Å².